The van der Waals surface area contributed by atoms with Crippen LogP contribution >= 0.6 is 0 Å². The normalized spacial score (nSPS) is 16.1. The minimum atomic E-state index is -0.699. The molecule has 7 nitrogen and oxygen atoms in total. The van der Waals surface area contributed by atoms with E-state index in [4.69, 9.17) is 9.47 Å². The highest BCUT2D eigenvalue weighted by Crippen LogP contribution is 2.28. The molecule has 0 radical (unpaired) electrons. The Kier molecular flexibility index (Phi) is 5.25. The minimum Gasteiger partial charge on any atom is -0.496 e. The molecular weight excluding hydrogens is 334 g/mol. The largest absolute Gasteiger partial charge is 0.496 e. The van der Waals surface area contributed by atoms with Crippen LogP contribution in [0.5, 0.6) is 5.75 Å². The summed E-state index contributed by atoms with van der Waals surface area (Å²) in [6, 6.07) is 6.32. The van der Waals surface area contributed by atoms with E-state index in [1.165, 1.54) is 14.2 Å². The molecule has 1 atom stereocenters. The van der Waals surface area contributed by atoms with E-state index < -0.39 is 12.0 Å². The predicted molar refractivity (Wildman–Crippen MR) is 94.9 cm³/mol. The Labute approximate surface area is 152 Å². The molecule has 1 aliphatic rings. The summed E-state index contributed by atoms with van der Waals surface area (Å²) in [6.45, 7) is 3.22. The zero-order valence-electron chi connectivity index (χ0n) is 15.3. The fourth-order valence-corrected chi connectivity index (χ4v) is 3.34. The highest BCUT2D eigenvalue weighted by Gasteiger charge is 2.38. The van der Waals surface area contributed by atoms with Crippen molar-refractivity contribution in [2.45, 2.75) is 38.9 Å². The lowest BCUT2D eigenvalue weighted by atomic mass is 10.0. The van der Waals surface area contributed by atoms with Crippen LogP contribution < -0.4 is 4.74 Å². The smallest absolute Gasteiger partial charge is 0.329 e. The van der Waals surface area contributed by atoms with Gasteiger partial charge in [0.1, 0.15) is 11.8 Å². The van der Waals surface area contributed by atoms with Crippen LogP contribution in [0, 0.1) is 0 Å². The van der Waals surface area contributed by atoms with Crippen molar-refractivity contribution < 1.29 is 19.1 Å². The van der Waals surface area contributed by atoms with Crippen molar-refractivity contribution in [3.8, 4) is 5.75 Å². The second kappa shape index (κ2) is 7.59. The molecule has 0 spiro atoms. The maximum Gasteiger partial charge on any atom is 0.329 e. The maximum atomic E-state index is 13.2. The molecule has 7 heteroatoms. The summed E-state index contributed by atoms with van der Waals surface area (Å²) in [5.41, 5.74) is 2.24. The minimum absolute atomic E-state index is 0.257. The number of esters is 1. The molecule has 0 aliphatic carbocycles. The van der Waals surface area contributed by atoms with Crippen molar-refractivity contribution in [2.24, 2.45) is 0 Å². The number of benzene rings is 1. The first-order valence-corrected chi connectivity index (χ1v) is 8.65. The Morgan fingerprint density at radius 2 is 2.04 bits per heavy atom. The lowest BCUT2D eigenvalue weighted by molar-refractivity contribution is -0.146. The van der Waals surface area contributed by atoms with E-state index in [0.717, 1.165) is 24.4 Å². The number of rotatable bonds is 5. The predicted octanol–water partition coefficient (Wildman–Crippen LogP) is 2.04. The van der Waals surface area contributed by atoms with E-state index >= 15 is 0 Å². The summed E-state index contributed by atoms with van der Waals surface area (Å²) < 4.78 is 12.3. The van der Waals surface area contributed by atoms with Gasteiger partial charge in [-0.05, 0) is 18.6 Å². The highest BCUT2D eigenvalue weighted by atomic mass is 16.5. The van der Waals surface area contributed by atoms with Gasteiger partial charge in [-0.15, -0.1) is 0 Å². The number of para-hydroxylation sites is 1. The summed E-state index contributed by atoms with van der Waals surface area (Å²) in [5, 5.41) is 0. The van der Waals surface area contributed by atoms with Crippen molar-refractivity contribution in [3.63, 3.8) is 0 Å². The lowest BCUT2D eigenvalue weighted by Crippen LogP contribution is -2.49. The molecule has 1 aromatic carbocycles. The van der Waals surface area contributed by atoms with Crippen LogP contribution in [0.2, 0.25) is 0 Å². The first-order valence-electron chi connectivity index (χ1n) is 8.65. The lowest BCUT2D eigenvalue weighted by Gasteiger charge is -2.34. The molecule has 0 saturated heterocycles. The second-order valence-corrected chi connectivity index (χ2v) is 6.21. The number of amides is 1. The van der Waals surface area contributed by atoms with Gasteiger partial charge in [0.25, 0.3) is 5.91 Å². The third-order valence-corrected chi connectivity index (χ3v) is 4.65. The monoisotopic (exact) mass is 357 g/mol. The third-order valence-electron chi connectivity index (χ3n) is 4.65. The molecule has 1 amide bonds. The number of carbonyl (C=O) groups is 2. The molecule has 1 aliphatic heterocycles. The Morgan fingerprint density at radius 1 is 1.27 bits per heavy atom. The summed E-state index contributed by atoms with van der Waals surface area (Å²) in [6.07, 6.45) is 3.09. The van der Waals surface area contributed by atoms with Crippen LogP contribution in [-0.2, 0) is 29.0 Å². The van der Waals surface area contributed by atoms with Gasteiger partial charge in [0.05, 0.1) is 44.0 Å². The molecule has 0 fully saturated rings. The van der Waals surface area contributed by atoms with Crippen LogP contribution in [-0.4, -0.2) is 46.6 Å². The molecule has 1 unspecified atom stereocenters. The van der Waals surface area contributed by atoms with Crippen LogP contribution in [0.1, 0.15) is 35.1 Å². The van der Waals surface area contributed by atoms with E-state index in [1.54, 1.807) is 35.5 Å². The van der Waals surface area contributed by atoms with Crippen molar-refractivity contribution in [3.05, 3.63) is 47.5 Å². The van der Waals surface area contributed by atoms with Gasteiger partial charge in [-0.2, -0.15) is 0 Å². The van der Waals surface area contributed by atoms with Gasteiger partial charge in [0.2, 0.25) is 0 Å². The Bertz CT molecular complexity index is 815. The Balaban J connectivity index is 2.00. The fourth-order valence-electron chi connectivity index (χ4n) is 3.34. The number of ether oxygens (including phenoxy) is 2. The number of aromatic nitrogens is 2. The zero-order chi connectivity index (χ0) is 18.7. The average Bonchev–Trinajstić information content (AvgIpc) is 3.08. The molecule has 26 heavy (non-hydrogen) atoms. The molecule has 0 bridgehead atoms. The molecule has 2 aromatic rings. The number of methoxy groups -OCH3 is 2. The summed E-state index contributed by atoms with van der Waals surface area (Å²) in [7, 11) is 2.85. The van der Waals surface area contributed by atoms with Gasteiger partial charge < -0.3 is 18.9 Å². The van der Waals surface area contributed by atoms with Crippen molar-refractivity contribution in [1.29, 1.82) is 0 Å². The maximum absolute atomic E-state index is 13.2. The first-order chi connectivity index (χ1) is 12.6. The van der Waals surface area contributed by atoms with Gasteiger partial charge in [0.15, 0.2) is 0 Å². The number of hydrogen-bond acceptors (Lipinski definition) is 5. The second-order valence-electron chi connectivity index (χ2n) is 6.21. The number of fused-ring (bicyclic) bond motifs is 1. The summed E-state index contributed by atoms with van der Waals surface area (Å²) in [4.78, 5) is 31.5. The molecular formula is C19H23N3O4. The van der Waals surface area contributed by atoms with Crippen LogP contribution in [0.15, 0.2) is 30.6 Å². The Hall–Kier alpha value is -2.83. The average molecular weight is 357 g/mol. The van der Waals surface area contributed by atoms with Gasteiger partial charge in [-0.1, -0.05) is 19.1 Å². The van der Waals surface area contributed by atoms with Crippen LogP contribution in [0.4, 0.5) is 0 Å². The quantitative estimate of drug-likeness (QED) is 0.766. The van der Waals surface area contributed by atoms with E-state index in [1.807, 2.05) is 4.57 Å². The highest BCUT2D eigenvalue weighted by molar-refractivity contribution is 5.99. The van der Waals surface area contributed by atoms with E-state index in [0.29, 0.717) is 24.3 Å². The molecule has 0 saturated carbocycles. The van der Waals surface area contributed by atoms with E-state index in [9.17, 15) is 9.59 Å². The molecule has 2 heterocycles. The molecule has 3 rings (SSSR count). The third kappa shape index (κ3) is 3.16. The SMILES string of the molecule is CCCn1cnc2c1CN(C(=O)c1ccccc1OC)C(C(=O)OC)C2. The van der Waals surface area contributed by atoms with Crippen molar-refractivity contribution in [2.75, 3.05) is 14.2 Å². The van der Waals surface area contributed by atoms with Gasteiger partial charge in [-0.25, -0.2) is 9.78 Å². The fraction of sp³-hybridized carbons (Fsp3) is 0.421. The first kappa shape index (κ1) is 18.0. The van der Waals surface area contributed by atoms with Crippen LogP contribution in [0.25, 0.3) is 0 Å². The van der Waals surface area contributed by atoms with E-state index in [2.05, 4.69) is 11.9 Å². The zero-order valence-corrected chi connectivity index (χ0v) is 15.3. The molecule has 0 N–H and O–H groups in total. The molecule has 1 aromatic heterocycles. The summed E-state index contributed by atoms with van der Waals surface area (Å²) >= 11 is 0. The number of imidazole rings is 1. The topological polar surface area (TPSA) is 73.7 Å². The number of hydrogen-bond donors (Lipinski definition) is 0. The van der Waals surface area contributed by atoms with Gasteiger partial charge in [0, 0.05) is 13.0 Å². The number of aryl methyl sites for hydroxylation is 1. The van der Waals surface area contributed by atoms with E-state index in [-0.39, 0.29) is 5.91 Å². The molecule has 138 valence electrons. The van der Waals surface area contributed by atoms with Crippen molar-refractivity contribution in [1.82, 2.24) is 14.5 Å². The van der Waals surface area contributed by atoms with Crippen LogP contribution in [0.3, 0.4) is 0 Å². The standard InChI is InChI=1S/C19H23N3O4/c1-4-9-21-12-20-14-10-15(19(24)26-3)22(11-16(14)21)18(23)13-7-5-6-8-17(13)25-2/h5-8,12,15H,4,9-11H2,1-3H3. The van der Waals surface area contributed by atoms with Gasteiger partial charge >= 0.3 is 5.97 Å². The van der Waals surface area contributed by atoms with Crippen molar-refractivity contribution >= 4 is 11.9 Å². The Morgan fingerprint density at radius 3 is 2.73 bits per heavy atom. The number of nitrogens with zero attached hydrogens (tertiary/aromatic N) is 3. The summed E-state index contributed by atoms with van der Waals surface area (Å²) in [5.74, 6) is -0.217. The van der Waals surface area contributed by atoms with Gasteiger partial charge in [-0.3, -0.25) is 4.79 Å². The number of carbonyl (C=O) groups excluding carboxylic acids is 2.